The zero-order chi connectivity index (χ0) is 15.3. The molecule has 1 unspecified atom stereocenters. The number of hydrogen-bond donors (Lipinski definition) is 1. The molecular formula is C18H29ClN2. The molecule has 0 amide bonds. The summed E-state index contributed by atoms with van der Waals surface area (Å²) in [5.74, 6) is 0. The van der Waals surface area contributed by atoms with Crippen molar-refractivity contribution in [2.24, 2.45) is 0 Å². The minimum Gasteiger partial charge on any atom is -0.309 e. The molecule has 3 heteroatoms. The quantitative estimate of drug-likeness (QED) is 0.852. The molecule has 0 bridgehead atoms. The summed E-state index contributed by atoms with van der Waals surface area (Å²) >= 11 is 6.05. The Morgan fingerprint density at radius 2 is 1.67 bits per heavy atom. The highest BCUT2D eigenvalue weighted by Gasteiger charge is 2.35. The van der Waals surface area contributed by atoms with Gasteiger partial charge in [-0.25, -0.2) is 0 Å². The highest BCUT2D eigenvalue weighted by atomic mass is 35.5. The summed E-state index contributed by atoms with van der Waals surface area (Å²) in [5.41, 5.74) is 1.43. The minimum absolute atomic E-state index is 0.105. The van der Waals surface area contributed by atoms with Crippen molar-refractivity contribution >= 4 is 11.6 Å². The summed E-state index contributed by atoms with van der Waals surface area (Å²) in [6.45, 7) is 10.3. The molecule has 0 spiro atoms. The molecule has 0 aliphatic carbocycles. The smallest absolute Gasteiger partial charge is 0.0501 e. The summed E-state index contributed by atoms with van der Waals surface area (Å²) < 4.78 is 0. The number of hydrogen-bond acceptors (Lipinski definition) is 2. The van der Waals surface area contributed by atoms with Crippen LogP contribution < -0.4 is 5.32 Å². The summed E-state index contributed by atoms with van der Waals surface area (Å²) in [4.78, 5) is 2.67. The Morgan fingerprint density at radius 3 is 2.19 bits per heavy atom. The van der Waals surface area contributed by atoms with Crippen molar-refractivity contribution in [3.63, 3.8) is 0 Å². The lowest BCUT2D eigenvalue weighted by atomic mass is 9.86. The lowest BCUT2D eigenvalue weighted by molar-refractivity contribution is 0.0840. The van der Waals surface area contributed by atoms with Crippen molar-refractivity contribution in [3.8, 4) is 0 Å². The maximum absolute atomic E-state index is 6.05. The number of likely N-dealkylation sites (tertiary alicyclic amines) is 1. The molecule has 1 heterocycles. The third kappa shape index (κ3) is 4.21. The van der Waals surface area contributed by atoms with E-state index in [1.165, 1.54) is 44.3 Å². The van der Waals surface area contributed by atoms with Crippen LogP contribution in [-0.4, -0.2) is 30.1 Å². The number of likely N-dealkylation sites (N-methyl/N-ethyl adjacent to an activating group) is 1. The average molecular weight is 309 g/mol. The first-order valence-electron chi connectivity index (χ1n) is 8.29. The van der Waals surface area contributed by atoms with E-state index in [-0.39, 0.29) is 5.54 Å². The van der Waals surface area contributed by atoms with E-state index in [2.05, 4.69) is 43.1 Å². The molecule has 1 aromatic rings. The van der Waals surface area contributed by atoms with Gasteiger partial charge in [0.15, 0.2) is 0 Å². The van der Waals surface area contributed by atoms with E-state index >= 15 is 0 Å². The second kappa shape index (κ2) is 7.62. The van der Waals surface area contributed by atoms with E-state index in [0.29, 0.717) is 6.04 Å². The van der Waals surface area contributed by atoms with E-state index in [1.807, 2.05) is 12.1 Å². The Hall–Kier alpha value is -0.570. The number of nitrogens with zero attached hydrogens (tertiary/aromatic N) is 1. The van der Waals surface area contributed by atoms with Crippen LogP contribution in [-0.2, 0) is 0 Å². The SMILES string of the molecule is CCNC(c1ccc(Cl)cc1)C(C)(C)N1CCCCCC1. The summed E-state index contributed by atoms with van der Waals surface area (Å²) in [6, 6.07) is 8.65. The van der Waals surface area contributed by atoms with Crippen LogP contribution in [0.2, 0.25) is 5.02 Å². The molecule has 1 fully saturated rings. The van der Waals surface area contributed by atoms with Gasteiger partial charge in [0.05, 0.1) is 6.04 Å². The first kappa shape index (κ1) is 16.8. The topological polar surface area (TPSA) is 15.3 Å². The van der Waals surface area contributed by atoms with Crippen molar-refractivity contribution in [2.75, 3.05) is 19.6 Å². The van der Waals surface area contributed by atoms with E-state index in [0.717, 1.165) is 11.6 Å². The number of nitrogens with one attached hydrogen (secondary N) is 1. The first-order valence-corrected chi connectivity index (χ1v) is 8.67. The molecule has 1 aliphatic rings. The molecule has 1 atom stereocenters. The number of benzene rings is 1. The van der Waals surface area contributed by atoms with E-state index < -0.39 is 0 Å². The van der Waals surface area contributed by atoms with Gasteiger partial charge in [-0.1, -0.05) is 43.5 Å². The highest BCUT2D eigenvalue weighted by molar-refractivity contribution is 6.30. The Kier molecular flexibility index (Phi) is 6.09. The number of halogens is 1. The fraction of sp³-hybridized carbons (Fsp3) is 0.667. The normalized spacial score (nSPS) is 19.2. The molecule has 2 rings (SSSR count). The summed E-state index contributed by atoms with van der Waals surface area (Å²) in [5, 5.41) is 4.50. The second-order valence-electron chi connectivity index (χ2n) is 6.60. The summed E-state index contributed by atoms with van der Waals surface area (Å²) in [6.07, 6.45) is 5.39. The third-order valence-corrected chi connectivity index (χ3v) is 4.99. The molecule has 1 saturated heterocycles. The van der Waals surface area contributed by atoms with Gasteiger partial charge >= 0.3 is 0 Å². The van der Waals surface area contributed by atoms with Crippen LogP contribution in [0, 0.1) is 0 Å². The predicted molar refractivity (Wildman–Crippen MR) is 92.0 cm³/mol. The third-order valence-electron chi connectivity index (χ3n) is 4.74. The maximum atomic E-state index is 6.05. The van der Waals surface area contributed by atoms with E-state index in [4.69, 9.17) is 11.6 Å². The maximum Gasteiger partial charge on any atom is 0.0501 e. The average Bonchev–Trinajstić information content (AvgIpc) is 2.75. The monoisotopic (exact) mass is 308 g/mol. The van der Waals surface area contributed by atoms with E-state index in [1.54, 1.807) is 0 Å². The van der Waals surface area contributed by atoms with Crippen molar-refractivity contribution in [1.82, 2.24) is 10.2 Å². The molecule has 0 saturated carbocycles. The van der Waals surface area contributed by atoms with Crippen LogP contribution in [0.3, 0.4) is 0 Å². The Balaban J connectivity index is 2.23. The molecule has 118 valence electrons. The zero-order valence-electron chi connectivity index (χ0n) is 13.7. The summed E-state index contributed by atoms with van der Waals surface area (Å²) in [7, 11) is 0. The second-order valence-corrected chi connectivity index (χ2v) is 7.03. The van der Waals surface area contributed by atoms with Gasteiger partial charge in [0, 0.05) is 10.6 Å². The van der Waals surface area contributed by atoms with Gasteiger partial charge in [-0.05, 0) is 64.0 Å². The lowest BCUT2D eigenvalue weighted by Gasteiger charge is -2.44. The van der Waals surface area contributed by atoms with Crippen LogP contribution in [0.4, 0.5) is 0 Å². The number of rotatable bonds is 5. The van der Waals surface area contributed by atoms with Crippen molar-refractivity contribution in [1.29, 1.82) is 0 Å². The Morgan fingerprint density at radius 1 is 1.10 bits per heavy atom. The van der Waals surface area contributed by atoms with Gasteiger partial charge in [0.25, 0.3) is 0 Å². The Bertz CT molecular complexity index is 419. The zero-order valence-corrected chi connectivity index (χ0v) is 14.4. The molecule has 1 aromatic carbocycles. The highest BCUT2D eigenvalue weighted by Crippen LogP contribution is 2.33. The lowest BCUT2D eigenvalue weighted by Crippen LogP contribution is -2.53. The largest absolute Gasteiger partial charge is 0.309 e. The fourth-order valence-corrected chi connectivity index (χ4v) is 3.59. The van der Waals surface area contributed by atoms with Gasteiger partial charge in [-0.2, -0.15) is 0 Å². The predicted octanol–water partition coefficient (Wildman–Crippen LogP) is 4.65. The van der Waals surface area contributed by atoms with Crippen LogP contribution in [0.1, 0.15) is 58.1 Å². The van der Waals surface area contributed by atoms with Gasteiger partial charge in [-0.3, -0.25) is 4.90 Å². The fourth-order valence-electron chi connectivity index (χ4n) is 3.46. The molecule has 21 heavy (non-hydrogen) atoms. The Labute approximate surface area is 134 Å². The van der Waals surface area contributed by atoms with Gasteiger partial charge in [0.1, 0.15) is 0 Å². The van der Waals surface area contributed by atoms with Crippen LogP contribution in [0.5, 0.6) is 0 Å². The van der Waals surface area contributed by atoms with Crippen LogP contribution in [0.25, 0.3) is 0 Å². The van der Waals surface area contributed by atoms with Crippen molar-refractivity contribution in [3.05, 3.63) is 34.9 Å². The van der Waals surface area contributed by atoms with Gasteiger partial charge in [0.2, 0.25) is 0 Å². The molecule has 0 aromatic heterocycles. The van der Waals surface area contributed by atoms with Gasteiger partial charge in [-0.15, -0.1) is 0 Å². The standard InChI is InChI=1S/C18H29ClN2/c1-4-20-17(15-9-11-16(19)12-10-15)18(2,3)21-13-7-5-6-8-14-21/h9-12,17,20H,4-8,13-14H2,1-3H3. The minimum atomic E-state index is 0.105. The van der Waals surface area contributed by atoms with Crippen molar-refractivity contribution < 1.29 is 0 Å². The van der Waals surface area contributed by atoms with Crippen molar-refractivity contribution in [2.45, 2.75) is 58.0 Å². The van der Waals surface area contributed by atoms with Gasteiger partial charge < -0.3 is 5.32 Å². The van der Waals surface area contributed by atoms with E-state index in [9.17, 15) is 0 Å². The first-order chi connectivity index (χ1) is 10.1. The molecule has 0 radical (unpaired) electrons. The van der Waals surface area contributed by atoms with Crippen LogP contribution in [0.15, 0.2) is 24.3 Å². The molecule has 2 nitrogen and oxygen atoms in total. The molecular weight excluding hydrogens is 280 g/mol. The van der Waals surface area contributed by atoms with Crippen LogP contribution >= 0.6 is 11.6 Å². The molecule has 1 N–H and O–H groups in total. The molecule has 1 aliphatic heterocycles.